The van der Waals surface area contributed by atoms with E-state index in [0.29, 0.717) is 5.69 Å². The molecule has 2 rings (SSSR count). The maximum atomic E-state index is 13.5. The number of halogens is 3. The van der Waals surface area contributed by atoms with Gasteiger partial charge >= 0.3 is 5.97 Å². The Labute approximate surface area is 118 Å². The van der Waals surface area contributed by atoms with E-state index in [1.807, 2.05) is 0 Å². The molecular formula is C13H11ClF2N2O2. The van der Waals surface area contributed by atoms with Crippen LogP contribution in [0.3, 0.4) is 0 Å². The standard InChI is InChI=1S/C13H11ClF2N2O2/c1-20-13(19)11-3-2-8(18-11)6-17-12-9(14)4-7(15)5-10(12)16/h2-5,17-18H,6H2,1H3. The van der Waals surface area contributed by atoms with Gasteiger partial charge in [-0.1, -0.05) is 11.6 Å². The number of methoxy groups -OCH3 is 1. The smallest absolute Gasteiger partial charge is 0.354 e. The zero-order valence-electron chi connectivity index (χ0n) is 10.5. The number of aromatic nitrogens is 1. The molecule has 0 saturated heterocycles. The van der Waals surface area contributed by atoms with Crippen LogP contribution in [-0.4, -0.2) is 18.1 Å². The topological polar surface area (TPSA) is 54.1 Å². The maximum Gasteiger partial charge on any atom is 0.354 e. The van der Waals surface area contributed by atoms with E-state index in [4.69, 9.17) is 11.6 Å². The van der Waals surface area contributed by atoms with E-state index in [9.17, 15) is 13.6 Å². The number of benzene rings is 1. The molecule has 0 fully saturated rings. The Kier molecular flexibility index (Phi) is 4.24. The highest BCUT2D eigenvalue weighted by atomic mass is 35.5. The van der Waals surface area contributed by atoms with Crippen LogP contribution in [-0.2, 0) is 11.3 Å². The van der Waals surface area contributed by atoms with Crippen molar-refractivity contribution in [2.24, 2.45) is 0 Å². The first kappa shape index (κ1) is 14.3. The predicted molar refractivity (Wildman–Crippen MR) is 70.8 cm³/mol. The predicted octanol–water partition coefficient (Wildman–Crippen LogP) is 3.35. The van der Waals surface area contributed by atoms with Crippen LogP contribution < -0.4 is 5.32 Å². The van der Waals surface area contributed by atoms with Gasteiger partial charge in [0.15, 0.2) is 5.82 Å². The second-order valence-corrected chi connectivity index (χ2v) is 4.39. The van der Waals surface area contributed by atoms with Crippen molar-refractivity contribution in [1.82, 2.24) is 4.98 Å². The van der Waals surface area contributed by atoms with Crippen LogP contribution in [0, 0.1) is 11.6 Å². The maximum absolute atomic E-state index is 13.5. The Morgan fingerprint density at radius 1 is 1.40 bits per heavy atom. The van der Waals surface area contributed by atoms with Gasteiger partial charge in [-0.05, 0) is 18.2 Å². The number of carbonyl (C=O) groups excluding carboxylic acids is 1. The first-order valence-corrected chi connectivity index (χ1v) is 6.03. The van der Waals surface area contributed by atoms with Gasteiger partial charge in [-0.25, -0.2) is 13.6 Å². The molecule has 0 spiro atoms. The second kappa shape index (κ2) is 5.92. The van der Waals surface area contributed by atoms with Crippen molar-refractivity contribution in [2.45, 2.75) is 6.54 Å². The van der Waals surface area contributed by atoms with E-state index in [1.165, 1.54) is 7.11 Å². The number of anilines is 1. The minimum absolute atomic E-state index is 0.00212. The monoisotopic (exact) mass is 300 g/mol. The first-order chi connectivity index (χ1) is 9.51. The molecule has 4 nitrogen and oxygen atoms in total. The van der Waals surface area contributed by atoms with Gasteiger partial charge in [0.05, 0.1) is 24.4 Å². The number of carbonyl (C=O) groups is 1. The summed E-state index contributed by atoms with van der Waals surface area (Å²) in [7, 11) is 1.27. The van der Waals surface area contributed by atoms with E-state index in [0.717, 1.165) is 12.1 Å². The number of ether oxygens (including phenoxy) is 1. The Balaban J connectivity index is 2.09. The van der Waals surface area contributed by atoms with Gasteiger partial charge in [-0.3, -0.25) is 0 Å². The molecule has 2 N–H and O–H groups in total. The molecule has 0 bridgehead atoms. The van der Waals surface area contributed by atoms with Gasteiger partial charge < -0.3 is 15.0 Å². The lowest BCUT2D eigenvalue weighted by Gasteiger charge is -2.08. The molecule has 2 aromatic rings. The summed E-state index contributed by atoms with van der Waals surface area (Å²) in [6.07, 6.45) is 0. The van der Waals surface area contributed by atoms with Crippen molar-refractivity contribution in [3.8, 4) is 0 Å². The van der Waals surface area contributed by atoms with Crippen LogP contribution in [0.5, 0.6) is 0 Å². The van der Waals surface area contributed by atoms with Gasteiger partial charge in [-0.15, -0.1) is 0 Å². The Hall–Kier alpha value is -2.08. The summed E-state index contributed by atoms with van der Waals surface area (Å²) < 4.78 is 31.0. The number of rotatable bonds is 4. The van der Waals surface area contributed by atoms with Gasteiger partial charge in [-0.2, -0.15) is 0 Å². The molecule has 1 aromatic heterocycles. The van der Waals surface area contributed by atoms with Gasteiger partial charge in [0, 0.05) is 11.8 Å². The zero-order valence-corrected chi connectivity index (χ0v) is 11.2. The third-order valence-corrected chi connectivity index (χ3v) is 2.91. The normalized spacial score (nSPS) is 10.4. The van der Waals surface area contributed by atoms with Crippen LogP contribution in [0.25, 0.3) is 0 Å². The van der Waals surface area contributed by atoms with Crippen LogP contribution in [0.2, 0.25) is 5.02 Å². The van der Waals surface area contributed by atoms with Crippen molar-refractivity contribution in [3.05, 3.63) is 52.3 Å². The number of hydrogen-bond donors (Lipinski definition) is 2. The third kappa shape index (κ3) is 3.08. The molecule has 0 aliphatic heterocycles. The number of esters is 1. The summed E-state index contributed by atoms with van der Waals surface area (Å²) >= 11 is 5.75. The fourth-order valence-corrected chi connectivity index (χ4v) is 1.93. The van der Waals surface area contributed by atoms with Crippen LogP contribution in [0.1, 0.15) is 16.2 Å². The van der Waals surface area contributed by atoms with Crippen molar-refractivity contribution in [3.63, 3.8) is 0 Å². The minimum Gasteiger partial charge on any atom is -0.464 e. The van der Waals surface area contributed by atoms with Crippen LogP contribution in [0.4, 0.5) is 14.5 Å². The van der Waals surface area contributed by atoms with Crippen molar-refractivity contribution >= 4 is 23.3 Å². The molecule has 0 saturated carbocycles. The second-order valence-electron chi connectivity index (χ2n) is 3.99. The van der Waals surface area contributed by atoms with E-state index >= 15 is 0 Å². The Morgan fingerprint density at radius 3 is 2.80 bits per heavy atom. The lowest BCUT2D eigenvalue weighted by molar-refractivity contribution is 0.0594. The molecule has 0 atom stereocenters. The number of aromatic amines is 1. The molecular weight excluding hydrogens is 290 g/mol. The summed E-state index contributed by atoms with van der Waals surface area (Å²) in [5.74, 6) is -2.03. The molecule has 1 aromatic carbocycles. The number of H-pyrrole nitrogens is 1. The average molecular weight is 301 g/mol. The molecule has 7 heteroatoms. The van der Waals surface area contributed by atoms with Crippen LogP contribution in [0.15, 0.2) is 24.3 Å². The summed E-state index contributed by atoms with van der Waals surface area (Å²) in [4.78, 5) is 14.1. The highest BCUT2D eigenvalue weighted by molar-refractivity contribution is 6.33. The molecule has 1 heterocycles. The summed E-state index contributed by atoms with van der Waals surface area (Å²) in [6.45, 7) is 0.194. The quantitative estimate of drug-likeness (QED) is 0.852. The molecule has 0 radical (unpaired) electrons. The molecule has 0 aliphatic carbocycles. The van der Waals surface area contributed by atoms with E-state index in [2.05, 4.69) is 15.0 Å². The van der Waals surface area contributed by atoms with Gasteiger partial charge in [0.1, 0.15) is 11.5 Å². The largest absolute Gasteiger partial charge is 0.464 e. The molecule has 0 amide bonds. The summed E-state index contributed by atoms with van der Waals surface area (Å²) in [5, 5.41) is 2.68. The molecule has 0 aliphatic rings. The zero-order chi connectivity index (χ0) is 14.7. The fraction of sp³-hybridized carbons (Fsp3) is 0.154. The van der Waals surface area contributed by atoms with E-state index in [-0.39, 0.29) is 22.9 Å². The molecule has 0 unspecified atom stereocenters. The van der Waals surface area contributed by atoms with Crippen LogP contribution >= 0.6 is 11.6 Å². The highest BCUT2D eigenvalue weighted by Crippen LogP contribution is 2.26. The fourth-order valence-electron chi connectivity index (χ4n) is 1.67. The highest BCUT2D eigenvalue weighted by Gasteiger charge is 2.11. The van der Waals surface area contributed by atoms with Crippen molar-refractivity contribution < 1.29 is 18.3 Å². The molecule has 20 heavy (non-hydrogen) atoms. The Morgan fingerprint density at radius 2 is 2.15 bits per heavy atom. The lowest BCUT2D eigenvalue weighted by Crippen LogP contribution is -2.05. The number of nitrogens with one attached hydrogen (secondary N) is 2. The van der Waals surface area contributed by atoms with Gasteiger partial charge in [0.25, 0.3) is 0 Å². The lowest BCUT2D eigenvalue weighted by atomic mass is 10.3. The van der Waals surface area contributed by atoms with Gasteiger partial charge in [0.2, 0.25) is 0 Å². The molecule has 106 valence electrons. The van der Waals surface area contributed by atoms with Crippen molar-refractivity contribution in [1.29, 1.82) is 0 Å². The summed E-state index contributed by atoms with van der Waals surface area (Å²) in [6, 6.07) is 4.95. The first-order valence-electron chi connectivity index (χ1n) is 5.66. The average Bonchev–Trinajstić information content (AvgIpc) is 2.85. The van der Waals surface area contributed by atoms with Crippen molar-refractivity contribution in [2.75, 3.05) is 12.4 Å². The third-order valence-electron chi connectivity index (χ3n) is 2.61. The number of hydrogen-bond acceptors (Lipinski definition) is 3. The van der Waals surface area contributed by atoms with E-state index < -0.39 is 17.6 Å². The summed E-state index contributed by atoms with van der Waals surface area (Å²) in [5.41, 5.74) is 0.919. The minimum atomic E-state index is -0.783. The SMILES string of the molecule is COC(=O)c1ccc(CNc2c(F)cc(F)cc2Cl)[nH]1. The Bertz CT molecular complexity index is 620. The van der Waals surface area contributed by atoms with E-state index in [1.54, 1.807) is 12.1 Å².